The van der Waals surface area contributed by atoms with Crippen LogP contribution in [0, 0.1) is 0 Å². The number of esters is 4. The van der Waals surface area contributed by atoms with E-state index in [1.165, 1.54) is 19.1 Å². The molecule has 0 bridgehead atoms. The molecule has 0 N–H and O–H groups in total. The zero-order valence-electron chi connectivity index (χ0n) is 14.9. The van der Waals surface area contributed by atoms with Crippen molar-refractivity contribution >= 4 is 23.9 Å². The van der Waals surface area contributed by atoms with E-state index in [-0.39, 0.29) is 43.1 Å². The number of ether oxygens (including phenoxy) is 4. The maximum Gasteiger partial charge on any atom is 0.339 e. The molecule has 0 heterocycles. The minimum absolute atomic E-state index is 0.00295. The Balaban J connectivity index is 2.56. The van der Waals surface area contributed by atoms with Crippen molar-refractivity contribution in [3.05, 3.63) is 60.2 Å². The van der Waals surface area contributed by atoms with Crippen LogP contribution in [0.1, 0.15) is 27.6 Å². The van der Waals surface area contributed by atoms with Crippen LogP contribution in [0.4, 0.5) is 0 Å². The van der Waals surface area contributed by atoms with Crippen molar-refractivity contribution in [2.24, 2.45) is 0 Å². The molecule has 0 aliphatic carbocycles. The summed E-state index contributed by atoms with van der Waals surface area (Å²) >= 11 is 0. The summed E-state index contributed by atoms with van der Waals surface area (Å²) in [7, 11) is 0. The molecule has 0 aliphatic rings. The van der Waals surface area contributed by atoms with E-state index in [9.17, 15) is 19.2 Å². The molecule has 0 radical (unpaired) electrons. The van der Waals surface area contributed by atoms with Crippen molar-refractivity contribution in [1.82, 2.24) is 0 Å². The van der Waals surface area contributed by atoms with E-state index in [0.29, 0.717) is 0 Å². The van der Waals surface area contributed by atoms with Gasteiger partial charge in [0.2, 0.25) is 0 Å². The molecular formula is C19H20O8. The maximum absolute atomic E-state index is 12.1. The van der Waals surface area contributed by atoms with Crippen molar-refractivity contribution in [1.29, 1.82) is 0 Å². The third-order valence-electron chi connectivity index (χ3n) is 2.99. The van der Waals surface area contributed by atoms with Gasteiger partial charge < -0.3 is 18.9 Å². The molecule has 8 nitrogen and oxygen atoms in total. The fraction of sp³-hybridized carbons (Fsp3) is 0.263. The molecule has 0 spiro atoms. The number of hydrogen-bond acceptors (Lipinski definition) is 8. The van der Waals surface area contributed by atoms with Crippen LogP contribution in [0.3, 0.4) is 0 Å². The van der Waals surface area contributed by atoms with Crippen LogP contribution in [0.5, 0.6) is 0 Å². The molecular weight excluding hydrogens is 356 g/mol. The van der Waals surface area contributed by atoms with Crippen LogP contribution in [-0.4, -0.2) is 50.3 Å². The Labute approximate surface area is 156 Å². The van der Waals surface area contributed by atoms with Crippen LogP contribution < -0.4 is 0 Å². The number of carbonyl (C=O) groups excluding carboxylic acids is 4. The van der Waals surface area contributed by atoms with Gasteiger partial charge in [-0.3, -0.25) is 0 Å². The van der Waals surface area contributed by atoms with Gasteiger partial charge in [0.15, 0.2) is 0 Å². The zero-order valence-corrected chi connectivity index (χ0v) is 14.9. The predicted molar refractivity (Wildman–Crippen MR) is 93.9 cm³/mol. The largest absolute Gasteiger partial charge is 0.459 e. The molecule has 1 aromatic rings. The third-order valence-corrected chi connectivity index (χ3v) is 2.99. The molecule has 1 aromatic carbocycles. The second-order valence-corrected chi connectivity index (χ2v) is 5.11. The molecule has 0 amide bonds. The molecule has 27 heavy (non-hydrogen) atoms. The molecule has 0 unspecified atom stereocenters. The molecule has 1 rings (SSSR count). The molecule has 8 heteroatoms. The molecule has 0 saturated carbocycles. The van der Waals surface area contributed by atoms with Gasteiger partial charge in [-0.2, -0.15) is 0 Å². The van der Waals surface area contributed by atoms with Crippen molar-refractivity contribution in [3.8, 4) is 0 Å². The average Bonchev–Trinajstić information content (AvgIpc) is 2.67. The first-order valence-corrected chi connectivity index (χ1v) is 7.92. The van der Waals surface area contributed by atoms with Crippen molar-refractivity contribution in [3.63, 3.8) is 0 Å². The fourth-order valence-corrected chi connectivity index (χ4v) is 1.72. The van der Waals surface area contributed by atoms with Gasteiger partial charge in [0.05, 0.1) is 11.1 Å². The SMILES string of the molecule is C=CC(=O)OCCOC(=O)c1ccccc1C(=O)OCCOC(=O)C(=C)C. The summed E-state index contributed by atoms with van der Waals surface area (Å²) < 4.78 is 19.4. The van der Waals surface area contributed by atoms with E-state index in [1.54, 1.807) is 12.1 Å². The first-order valence-electron chi connectivity index (χ1n) is 7.92. The first-order chi connectivity index (χ1) is 12.9. The Hall–Kier alpha value is -3.42. The van der Waals surface area contributed by atoms with E-state index in [1.807, 2.05) is 0 Å². The first kappa shape index (κ1) is 21.6. The van der Waals surface area contributed by atoms with E-state index in [0.717, 1.165) is 6.08 Å². The predicted octanol–water partition coefficient (Wildman–Crippen LogP) is 1.85. The Bertz CT molecular complexity index is 735. The Kier molecular flexibility index (Phi) is 9.01. The standard InChI is InChI=1S/C19H20O8/c1-4-16(20)24-9-10-26-18(22)14-7-5-6-8-15(14)19(23)27-12-11-25-17(21)13(2)3/h4-8H,1-2,9-12H2,3H3. The fourth-order valence-electron chi connectivity index (χ4n) is 1.72. The van der Waals surface area contributed by atoms with Crippen LogP contribution in [0.2, 0.25) is 0 Å². The monoisotopic (exact) mass is 376 g/mol. The van der Waals surface area contributed by atoms with E-state index in [4.69, 9.17) is 14.2 Å². The van der Waals surface area contributed by atoms with E-state index in [2.05, 4.69) is 17.9 Å². The van der Waals surface area contributed by atoms with Gasteiger partial charge in [0.1, 0.15) is 26.4 Å². The highest BCUT2D eigenvalue weighted by atomic mass is 16.6. The lowest BCUT2D eigenvalue weighted by molar-refractivity contribution is -0.140. The summed E-state index contributed by atoms with van der Waals surface area (Å²) in [6, 6.07) is 5.91. The van der Waals surface area contributed by atoms with Gasteiger partial charge in [-0.1, -0.05) is 25.3 Å². The second kappa shape index (κ2) is 11.2. The van der Waals surface area contributed by atoms with E-state index < -0.39 is 23.9 Å². The van der Waals surface area contributed by atoms with Gasteiger partial charge in [-0.05, 0) is 19.1 Å². The van der Waals surface area contributed by atoms with Crippen LogP contribution >= 0.6 is 0 Å². The van der Waals surface area contributed by atoms with Crippen molar-refractivity contribution < 1.29 is 38.1 Å². The highest BCUT2D eigenvalue weighted by Gasteiger charge is 2.19. The highest BCUT2D eigenvalue weighted by Crippen LogP contribution is 2.12. The zero-order chi connectivity index (χ0) is 20.2. The topological polar surface area (TPSA) is 105 Å². The highest BCUT2D eigenvalue weighted by molar-refractivity contribution is 6.03. The summed E-state index contributed by atoms with van der Waals surface area (Å²) in [6.07, 6.45) is 0.987. The summed E-state index contributed by atoms with van der Waals surface area (Å²) in [5.41, 5.74) is 0.224. The number of rotatable bonds is 10. The summed E-state index contributed by atoms with van der Waals surface area (Å²) in [4.78, 5) is 46.4. The minimum Gasteiger partial charge on any atom is -0.459 e. The molecule has 0 aliphatic heterocycles. The number of carbonyl (C=O) groups is 4. The quantitative estimate of drug-likeness (QED) is 0.264. The Morgan fingerprint density at radius 2 is 1.30 bits per heavy atom. The van der Waals surface area contributed by atoms with Gasteiger partial charge >= 0.3 is 23.9 Å². The van der Waals surface area contributed by atoms with Crippen LogP contribution in [0.15, 0.2) is 49.1 Å². The minimum atomic E-state index is -0.772. The molecule has 0 atom stereocenters. The van der Waals surface area contributed by atoms with Gasteiger partial charge in [-0.15, -0.1) is 0 Å². The van der Waals surface area contributed by atoms with Crippen LogP contribution in [-0.2, 0) is 28.5 Å². The van der Waals surface area contributed by atoms with Gasteiger partial charge in [-0.25, -0.2) is 19.2 Å². The normalized spacial score (nSPS) is 9.67. The van der Waals surface area contributed by atoms with Crippen molar-refractivity contribution in [2.45, 2.75) is 6.92 Å². The molecule has 144 valence electrons. The lowest BCUT2D eigenvalue weighted by Gasteiger charge is -2.10. The van der Waals surface area contributed by atoms with E-state index >= 15 is 0 Å². The molecule has 0 aromatic heterocycles. The number of benzene rings is 1. The summed E-state index contributed by atoms with van der Waals surface area (Å²) in [6.45, 7) is 7.51. The summed E-state index contributed by atoms with van der Waals surface area (Å²) in [5.74, 6) is -2.77. The third kappa shape index (κ3) is 7.55. The molecule has 0 fully saturated rings. The number of hydrogen-bond donors (Lipinski definition) is 0. The maximum atomic E-state index is 12.1. The van der Waals surface area contributed by atoms with Gasteiger partial charge in [0, 0.05) is 11.6 Å². The smallest absolute Gasteiger partial charge is 0.339 e. The van der Waals surface area contributed by atoms with Crippen LogP contribution in [0.25, 0.3) is 0 Å². The Morgan fingerprint density at radius 1 is 0.852 bits per heavy atom. The lowest BCUT2D eigenvalue weighted by Crippen LogP contribution is -2.18. The summed E-state index contributed by atoms with van der Waals surface area (Å²) in [5, 5.41) is 0. The lowest BCUT2D eigenvalue weighted by atomic mass is 10.1. The Morgan fingerprint density at radius 3 is 1.74 bits per heavy atom. The second-order valence-electron chi connectivity index (χ2n) is 5.11. The van der Waals surface area contributed by atoms with Gasteiger partial charge in [0.25, 0.3) is 0 Å². The van der Waals surface area contributed by atoms with Crippen molar-refractivity contribution in [2.75, 3.05) is 26.4 Å². The average molecular weight is 376 g/mol. The molecule has 0 saturated heterocycles.